The molecule has 9 heteroatoms. The van der Waals surface area contributed by atoms with E-state index in [2.05, 4.69) is 20.7 Å². The normalized spacial score (nSPS) is 16.8. The second-order valence-corrected chi connectivity index (χ2v) is 8.76. The van der Waals surface area contributed by atoms with Gasteiger partial charge in [0.25, 0.3) is 5.95 Å². The van der Waals surface area contributed by atoms with E-state index in [0.29, 0.717) is 17.4 Å². The predicted octanol–water partition coefficient (Wildman–Crippen LogP) is 5.41. The first-order chi connectivity index (χ1) is 17.0. The fourth-order valence-electron chi connectivity index (χ4n) is 4.20. The molecule has 0 bridgehead atoms. The number of halogens is 2. The van der Waals surface area contributed by atoms with Gasteiger partial charge in [0.15, 0.2) is 0 Å². The van der Waals surface area contributed by atoms with Crippen LogP contribution >= 0.6 is 11.6 Å². The summed E-state index contributed by atoms with van der Waals surface area (Å²) in [6.45, 7) is 0. The molecular weight excluding hydrogens is 469 g/mol. The summed E-state index contributed by atoms with van der Waals surface area (Å²) >= 11 is 6.07. The van der Waals surface area contributed by atoms with Crippen molar-refractivity contribution in [2.45, 2.75) is 24.9 Å². The van der Waals surface area contributed by atoms with E-state index in [0.717, 1.165) is 22.4 Å². The molecule has 3 aromatic carbocycles. The number of amides is 1. The summed E-state index contributed by atoms with van der Waals surface area (Å²) in [7, 11) is 1.60. The van der Waals surface area contributed by atoms with Crippen LogP contribution in [0.4, 0.5) is 16.3 Å². The fraction of sp³-hybridized carbons (Fsp3) is 0.192. The second-order valence-electron chi connectivity index (χ2n) is 8.33. The highest BCUT2D eigenvalue weighted by atomic mass is 35.5. The van der Waals surface area contributed by atoms with Crippen molar-refractivity contribution in [3.8, 4) is 5.75 Å². The zero-order chi connectivity index (χ0) is 24.4. The Balaban J connectivity index is 1.40. The van der Waals surface area contributed by atoms with Crippen LogP contribution in [-0.2, 0) is 11.2 Å². The summed E-state index contributed by atoms with van der Waals surface area (Å²) in [5.41, 5.74) is 2.78. The van der Waals surface area contributed by atoms with E-state index in [9.17, 15) is 9.18 Å². The smallest absolute Gasteiger partial charge is 0.250 e. The fourth-order valence-corrected chi connectivity index (χ4v) is 4.33. The van der Waals surface area contributed by atoms with Crippen LogP contribution < -0.4 is 15.4 Å². The van der Waals surface area contributed by atoms with Gasteiger partial charge in [0, 0.05) is 5.02 Å². The molecule has 1 amide bonds. The van der Waals surface area contributed by atoms with E-state index in [1.165, 1.54) is 12.1 Å². The van der Waals surface area contributed by atoms with Gasteiger partial charge in [-0.25, -0.2) is 9.07 Å². The number of nitrogens with one attached hydrogen (secondary N) is 2. The average Bonchev–Trinajstić information content (AvgIpc) is 3.27. The van der Waals surface area contributed by atoms with Crippen LogP contribution in [0.3, 0.4) is 0 Å². The molecule has 2 heterocycles. The highest BCUT2D eigenvalue weighted by molar-refractivity contribution is 6.30. The van der Waals surface area contributed by atoms with E-state index in [4.69, 9.17) is 16.3 Å². The van der Waals surface area contributed by atoms with Gasteiger partial charge in [0.1, 0.15) is 11.6 Å². The number of carbonyl (C=O) groups excluding carboxylic acids is 1. The molecular formula is C26H23ClFN5O2. The number of fused-ring (bicyclic) bond motifs is 1. The summed E-state index contributed by atoms with van der Waals surface area (Å²) in [6, 6.07) is 21.0. The monoisotopic (exact) mass is 491 g/mol. The third kappa shape index (κ3) is 5.12. The maximum absolute atomic E-state index is 13.6. The van der Waals surface area contributed by atoms with Crippen molar-refractivity contribution in [2.24, 2.45) is 0 Å². The molecule has 2 atom stereocenters. The molecule has 2 N–H and O–H groups in total. The molecule has 5 rings (SSSR count). The Morgan fingerprint density at radius 2 is 1.77 bits per heavy atom. The van der Waals surface area contributed by atoms with Gasteiger partial charge < -0.3 is 10.1 Å². The van der Waals surface area contributed by atoms with Crippen molar-refractivity contribution in [1.82, 2.24) is 14.8 Å². The number of hydrogen-bond donors (Lipinski definition) is 2. The number of rotatable bonds is 6. The SMILES string of the molecule is COc1ccc(CC(=O)Nc2nc3n(n2)C(c2ccc(F)cc2)CC(c2ccc(Cl)cc2)N3)cc1. The molecule has 0 saturated carbocycles. The lowest BCUT2D eigenvalue weighted by molar-refractivity contribution is -0.115. The Morgan fingerprint density at radius 1 is 1.09 bits per heavy atom. The third-order valence-corrected chi connectivity index (χ3v) is 6.24. The molecule has 1 aliphatic rings. The van der Waals surface area contributed by atoms with Crippen molar-refractivity contribution in [3.05, 3.63) is 100 Å². The Labute approximate surface area is 206 Å². The van der Waals surface area contributed by atoms with E-state index in [-0.39, 0.29) is 36.2 Å². The van der Waals surface area contributed by atoms with Gasteiger partial charge >= 0.3 is 0 Å². The van der Waals surface area contributed by atoms with Crippen molar-refractivity contribution in [1.29, 1.82) is 0 Å². The Hall–Kier alpha value is -3.91. The van der Waals surface area contributed by atoms with E-state index in [1.54, 1.807) is 23.9 Å². The number of benzene rings is 3. The van der Waals surface area contributed by atoms with Gasteiger partial charge in [0.2, 0.25) is 11.9 Å². The lowest BCUT2D eigenvalue weighted by Crippen LogP contribution is -2.28. The Kier molecular flexibility index (Phi) is 6.37. The molecule has 2 unspecified atom stereocenters. The molecule has 178 valence electrons. The molecule has 0 aliphatic carbocycles. The highest BCUT2D eigenvalue weighted by Gasteiger charge is 2.31. The zero-order valence-electron chi connectivity index (χ0n) is 18.9. The minimum atomic E-state index is -0.303. The van der Waals surface area contributed by atoms with Crippen LogP contribution in [0.2, 0.25) is 5.02 Å². The maximum Gasteiger partial charge on any atom is 0.250 e. The molecule has 0 spiro atoms. The molecule has 0 radical (unpaired) electrons. The number of anilines is 2. The molecule has 1 aliphatic heterocycles. The van der Waals surface area contributed by atoms with Crippen molar-refractivity contribution >= 4 is 29.4 Å². The van der Waals surface area contributed by atoms with Crippen LogP contribution in [0.5, 0.6) is 5.75 Å². The number of carbonyl (C=O) groups is 1. The number of nitrogens with zero attached hydrogens (tertiary/aromatic N) is 3. The standard InChI is InChI=1S/C26H23ClFN5O2/c1-35-21-12-2-16(3-13-21)14-24(34)30-25-31-26-29-22(17-4-8-19(27)9-5-17)15-23(33(26)32-25)18-6-10-20(28)11-7-18/h2-13,22-23H,14-15H2,1H3,(H2,29,30,31,32,34). The lowest BCUT2D eigenvalue weighted by atomic mass is 9.93. The molecule has 1 aromatic heterocycles. The molecule has 0 fully saturated rings. The quantitative estimate of drug-likeness (QED) is 0.377. The molecule has 35 heavy (non-hydrogen) atoms. The van der Waals surface area contributed by atoms with Crippen LogP contribution in [-0.4, -0.2) is 27.8 Å². The van der Waals surface area contributed by atoms with E-state index in [1.807, 2.05) is 48.5 Å². The van der Waals surface area contributed by atoms with E-state index < -0.39 is 0 Å². The van der Waals surface area contributed by atoms with Crippen LogP contribution in [0, 0.1) is 5.82 Å². The predicted molar refractivity (Wildman–Crippen MR) is 132 cm³/mol. The summed E-state index contributed by atoms with van der Waals surface area (Å²) < 4.78 is 20.5. The van der Waals surface area contributed by atoms with Crippen molar-refractivity contribution in [3.63, 3.8) is 0 Å². The Morgan fingerprint density at radius 3 is 2.46 bits per heavy atom. The first kappa shape index (κ1) is 22.9. The summed E-state index contributed by atoms with van der Waals surface area (Å²) in [5.74, 6) is 0.916. The van der Waals surface area contributed by atoms with E-state index >= 15 is 0 Å². The first-order valence-electron chi connectivity index (χ1n) is 11.2. The summed E-state index contributed by atoms with van der Waals surface area (Å²) in [6.07, 6.45) is 0.832. The van der Waals surface area contributed by atoms with Gasteiger partial charge in [-0.1, -0.05) is 48.0 Å². The number of hydrogen-bond acceptors (Lipinski definition) is 5. The number of ether oxygens (including phenoxy) is 1. The molecule has 4 aromatic rings. The van der Waals surface area contributed by atoms with Gasteiger partial charge in [-0.15, -0.1) is 5.10 Å². The minimum absolute atomic E-state index is 0.0677. The second kappa shape index (κ2) is 9.76. The lowest BCUT2D eigenvalue weighted by Gasteiger charge is -2.31. The Bertz CT molecular complexity index is 1320. The average molecular weight is 492 g/mol. The third-order valence-electron chi connectivity index (χ3n) is 5.99. The number of aromatic nitrogens is 3. The van der Waals surface area contributed by atoms with Crippen molar-refractivity contribution in [2.75, 3.05) is 17.7 Å². The van der Waals surface area contributed by atoms with Crippen LogP contribution in [0.1, 0.15) is 35.2 Å². The van der Waals surface area contributed by atoms with Gasteiger partial charge in [-0.3, -0.25) is 10.1 Å². The molecule has 7 nitrogen and oxygen atoms in total. The first-order valence-corrected chi connectivity index (χ1v) is 11.5. The van der Waals surface area contributed by atoms with Gasteiger partial charge in [-0.05, 0) is 59.5 Å². The minimum Gasteiger partial charge on any atom is -0.497 e. The van der Waals surface area contributed by atoms with Gasteiger partial charge in [-0.2, -0.15) is 4.98 Å². The van der Waals surface area contributed by atoms with Gasteiger partial charge in [0.05, 0.1) is 25.6 Å². The number of methoxy groups -OCH3 is 1. The largest absolute Gasteiger partial charge is 0.497 e. The zero-order valence-corrected chi connectivity index (χ0v) is 19.7. The topological polar surface area (TPSA) is 81.1 Å². The van der Waals surface area contributed by atoms with Crippen LogP contribution in [0.25, 0.3) is 0 Å². The van der Waals surface area contributed by atoms with Crippen LogP contribution in [0.15, 0.2) is 72.8 Å². The maximum atomic E-state index is 13.6. The molecule has 0 saturated heterocycles. The van der Waals surface area contributed by atoms with Crippen molar-refractivity contribution < 1.29 is 13.9 Å². The summed E-state index contributed by atoms with van der Waals surface area (Å²) in [5, 5.41) is 11.4. The highest BCUT2D eigenvalue weighted by Crippen LogP contribution is 2.38. The summed E-state index contributed by atoms with van der Waals surface area (Å²) in [4.78, 5) is 17.2.